The van der Waals surface area contributed by atoms with E-state index in [2.05, 4.69) is 9.44 Å². The van der Waals surface area contributed by atoms with Gasteiger partial charge in [-0.1, -0.05) is 19.9 Å². The van der Waals surface area contributed by atoms with Crippen LogP contribution in [0, 0.1) is 5.92 Å². The molecule has 0 aliphatic rings. The molecule has 3 N–H and O–H groups in total. The Labute approximate surface area is 172 Å². The Hall–Kier alpha value is -2.21. The van der Waals surface area contributed by atoms with E-state index in [1.54, 1.807) is 38.1 Å². The van der Waals surface area contributed by atoms with Crippen molar-refractivity contribution in [2.45, 2.75) is 24.8 Å². The highest BCUT2D eigenvalue weighted by Crippen LogP contribution is 2.36. The maximum absolute atomic E-state index is 12.7. The molecule has 0 amide bonds. The van der Waals surface area contributed by atoms with Crippen molar-refractivity contribution in [3.8, 4) is 0 Å². The van der Waals surface area contributed by atoms with Gasteiger partial charge in [0, 0.05) is 25.9 Å². The molecule has 0 unspecified atom stereocenters. The van der Waals surface area contributed by atoms with Crippen LogP contribution in [0.15, 0.2) is 41.3 Å². The highest BCUT2D eigenvalue weighted by molar-refractivity contribution is 7.92. The number of carbonyl (C=O) groups is 1. The fraction of sp³-hybridized carbons (Fsp3) is 0.278. The van der Waals surface area contributed by atoms with E-state index in [4.69, 9.17) is 0 Å². The molecule has 156 valence electrons. The van der Waals surface area contributed by atoms with E-state index in [9.17, 15) is 26.7 Å². The highest BCUT2D eigenvalue weighted by atomic mass is 32.2. The van der Waals surface area contributed by atoms with Gasteiger partial charge in [-0.25, -0.2) is 16.8 Å². The van der Waals surface area contributed by atoms with Crippen LogP contribution < -0.4 is 9.44 Å². The normalized spacial score (nSPS) is 13.8. The molecule has 0 aliphatic heterocycles. The largest absolute Gasteiger partial charge is 0.480 e. The minimum absolute atomic E-state index is 0.0297. The lowest BCUT2D eigenvalue weighted by atomic mass is 10.1. The molecule has 11 heteroatoms. The first-order chi connectivity index (χ1) is 13.4. The highest BCUT2D eigenvalue weighted by Gasteiger charge is 2.28. The number of carboxylic acids is 1. The summed E-state index contributed by atoms with van der Waals surface area (Å²) in [6.07, 6.45) is 1.06. The molecule has 0 spiro atoms. The Balaban J connectivity index is 2.04. The Morgan fingerprint density at radius 3 is 2.28 bits per heavy atom. The summed E-state index contributed by atoms with van der Waals surface area (Å²) in [7, 11) is -7.44. The van der Waals surface area contributed by atoms with Gasteiger partial charge in [0.2, 0.25) is 20.0 Å². The van der Waals surface area contributed by atoms with Gasteiger partial charge in [-0.15, -0.1) is 11.3 Å². The SMILES string of the molecule is CC(C)[C@@H](NS(=O)(=O)c1ccc2c(c1)sc1ccc(NS(C)(=O)=O)cc12)C(=O)O. The molecule has 0 radical (unpaired) electrons. The van der Waals surface area contributed by atoms with Crippen molar-refractivity contribution in [1.29, 1.82) is 0 Å². The number of hydrogen-bond acceptors (Lipinski definition) is 6. The number of anilines is 1. The molecule has 1 atom stereocenters. The van der Waals surface area contributed by atoms with Crippen molar-refractivity contribution < 1.29 is 26.7 Å². The van der Waals surface area contributed by atoms with E-state index in [1.165, 1.54) is 23.5 Å². The second-order valence-corrected chi connectivity index (χ2v) is 11.6. The number of carboxylic acid groups (broad SMARTS) is 1. The molecule has 1 heterocycles. The fourth-order valence-corrected chi connectivity index (χ4v) is 6.03. The first kappa shape index (κ1) is 21.5. The number of hydrogen-bond donors (Lipinski definition) is 3. The van der Waals surface area contributed by atoms with Crippen LogP contribution in [0.5, 0.6) is 0 Å². The predicted molar refractivity (Wildman–Crippen MR) is 114 cm³/mol. The molecule has 2 aromatic carbocycles. The van der Waals surface area contributed by atoms with Gasteiger partial charge in [-0.2, -0.15) is 4.72 Å². The summed E-state index contributed by atoms with van der Waals surface area (Å²) < 4.78 is 54.5. The van der Waals surface area contributed by atoms with Crippen LogP contribution in [-0.4, -0.2) is 40.2 Å². The van der Waals surface area contributed by atoms with Crippen molar-refractivity contribution in [3.05, 3.63) is 36.4 Å². The van der Waals surface area contributed by atoms with Crippen LogP contribution in [0.2, 0.25) is 0 Å². The predicted octanol–water partition coefficient (Wildman–Crippen LogP) is 2.81. The summed E-state index contributed by atoms with van der Waals surface area (Å²) in [5, 5.41) is 10.8. The van der Waals surface area contributed by atoms with Gasteiger partial charge in [0.15, 0.2) is 0 Å². The van der Waals surface area contributed by atoms with Gasteiger partial charge < -0.3 is 5.11 Å². The average molecular weight is 457 g/mol. The number of thiophene rings is 1. The monoisotopic (exact) mass is 456 g/mol. The molecule has 0 bridgehead atoms. The third-order valence-corrected chi connectivity index (χ3v) is 7.45. The van der Waals surface area contributed by atoms with E-state index in [-0.39, 0.29) is 4.90 Å². The van der Waals surface area contributed by atoms with Crippen molar-refractivity contribution in [2.24, 2.45) is 5.92 Å². The molecule has 0 saturated carbocycles. The summed E-state index contributed by atoms with van der Waals surface area (Å²) in [6.45, 7) is 3.25. The second kappa shape index (κ2) is 7.56. The van der Waals surface area contributed by atoms with E-state index in [0.29, 0.717) is 10.4 Å². The van der Waals surface area contributed by atoms with E-state index >= 15 is 0 Å². The van der Waals surface area contributed by atoms with Crippen LogP contribution in [0.4, 0.5) is 5.69 Å². The van der Waals surface area contributed by atoms with Crippen molar-refractivity contribution >= 4 is 63.2 Å². The van der Waals surface area contributed by atoms with Gasteiger partial charge in [0.05, 0.1) is 11.2 Å². The Kier molecular flexibility index (Phi) is 5.60. The quantitative estimate of drug-likeness (QED) is 0.501. The second-order valence-electron chi connectivity index (χ2n) is 7.03. The standard InChI is InChI=1S/C18H20N2O6S3/c1-10(2)17(18(21)22)20-29(25,26)12-5-6-13-14-8-11(19-28(3,23)24)4-7-15(14)27-16(13)9-12/h4-10,17,19-20H,1-3H3,(H,21,22)/t17-/m1/s1. The molecule has 3 rings (SSSR count). The lowest BCUT2D eigenvalue weighted by molar-refractivity contribution is -0.140. The summed E-state index contributed by atoms with van der Waals surface area (Å²) >= 11 is 1.36. The third-order valence-electron chi connectivity index (χ3n) is 4.27. The average Bonchev–Trinajstić information content (AvgIpc) is 2.95. The zero-order chi connectivity index (χ0) is 21.6. The number of aliphatic carboxylic acids is 1. The van der Waals surface area contributed by atoms with Crippen molar-refractivity contribution in [3.63, 3.8) is 0 Å². The molecule has 3 aromatic rings. The van der Waals surface area contributed by atoms with Crippen LogP contribution in [0.25, 0.3) is 20.2 Å². The first-order valence-electron chi connectivity index (χ1n) is 8.56. The van der Waals surface area contributed by atoms with Gasteiger partial charge in [-0.05, 0) is 36.2 Å². The van der Waals surface area contributed by atoms with Crippen LogP contribution in [0.1, 0.15) is 13.8 Å². The number of benzene rings is 2. The summed E-state index contributed by atoms with van der Waals surface area (Å²) in [5.74, 6) is -1.66. The van der Waals surface area contributed by atoms with Crippen LogP contribution in [-0.2, 0) is 24.8 Å². The number of rotatable bonds is 7. The van der Waals surface area contributed by atoms with Crippen LogP contribution >= 0.6 is 11.3 Å². The summed E-state index contributed by atoms with van der Waals surface area (Å²) in [6, 6.07) is 8.40. The molecule has 8 nitrogen and oxygen atoms in total. The smallest absolute Gasteiger partial charge is 0.322 e. The number of fused-ring (bicyclic) bond motifs is 3. The molecular formula is C18H20N2O6S3. The Bertz CT molecular complexity index is 1310. The lowest BCUT2D eigenvalue weighted by Gasteiger charge is -2.18. The zero-order valence-electron chi connectivity index (χ0n) is 15.8. The minimum Gasteiger partial charge on any atom is -0.480 e. The molecule has 29 heavy (non-hydrogen) atoms. The maximum Gasteiger partial charge on any atom is 0.322 e. The van der Waals surface area contributed by atoms with Gasteiger partial charge in [-0.3, -0.25) is 9.52 Å². The van der Waals surface area contributed by atoms with Gasteiger partial charge in [0.1, 0.15) is 6.04 Å². The van der Waals surface area contributed by atoms with Gasteiger partial charge in [0.25, 0.3) is 0 Å². The topological polar surface area (TPSA) is 130 Å². The fourth-order valence-electron chi connectivity index (χ4n) is 2.91. The Morgan fingerprint density at radius 1 is 1.00 bits per heavy atom. The van der Waals surface area contributed by atoms with Crippen molar-refractivity contribution in [1.82, 2.24) is 4.72 Å². The zero-order valence-corrected chi connectivity index (χ0v) is 18.3. The van der Waals surface area contributed by atoms with Gasteiger partial charge >= 0.3 is 5.97 Å². The Morgan fingerprint density at radius 2 is 1.69 bits per heavy atom. The van der Waals surface area contributed by atoms with Crippen molar-refractivity contribution in [2.75, 3.05) is 11.0 Å². The minimum atomic E-state index is -4.03. The first-order valence-corrected chi connectivity index (χ1v) is 12.8. The molecule has 1 aromatic heterocycles. The molecule has 0 saturated heterocycles. The molecule has 0 fully saturated rings. The van der Waals surface area contributed by atoms with E-state index in [0.717, 1.165) is 21.7 Å². The van der Waals surface area contributed by atoms with E-state index in [1.807, 2.05) is 0 Å². The maximum atomic E-state index is 12.7. The molecule has 0 aliphatic carbocycles. The van der Waals surface area contributed by atoms with E-state index < -0.39 is 38.0 Å². The van der Waals surface area contributed by atoms with Crippen LogP contribution in [0.3, 0.4) is 0 Å². The third kappa shape index (κ3) is 4.69. The lowest BCUT2D eigenvalue weighted by Crippen LogP contribution is -2.44. The summed E-state index contributed by atoms with van der Waals surface area (Å²) in [5.41, 5.74) is 0.416. The summed E-state index contributed by atoms with van der Waals surface area (Å²) in [4.78, 5) is 11.3. The molecular weight excluding hydrogens is 436 g/mol. The number of nitrogens with one attached hydrogen (secondary N) is 2. The number of sulfonamides is 2.